The van der Waals surface area contributed by atoms with Gasteiger partial charge < -0.3 is 26.8 Å². The molecular formula is C13H24N4O4. The first-order valence-electron chi connectivity index (χ1n) is 7.24. The van der Waals surface area contributed by atoms with E-state index in [1.807, 2.05) is 0 Å². The monoisotopic (exact) mass is 300 g/mol. The summed E-state index contributed by atoms with van der Waals surface area (Å²) < 4.78 is 0. The van der Waals surface area contributed by atoms with Gasteiger partial charge in [-0.1, -0.05) is 0 Å². The number of nitrogens with two attached hydrogens (primary N) is 2. The van der Waals surface area contributed by atoms with Crippen LogP contribution in [0.2, 0.25) is 0 Å². The van der Waals surface area contributed by atoms with Crippen LogP contribution in [0.1, 0.15) is 32.1 Å². The van der Waals surface area contributed by atoms with Crippen LogP contribution in [0.25, 0.3) is 0 Å². The Morgan fingerprint density at radius 2 is 2.00 bits per heavy atom. The highest BCUT2D eigenvalue weighted by Gasteiger charge is 2.35. The summed E-state index contributed by atoms with van der Waals surface area (Å²) >= 11 is 0. The maximum Gasteiger partial charge on any atom is 0.326 e. The van der Waals surface area contributed by atoms with E-state index < -0.39 is 24.0 Å². The summed E-state index contributed by atoms with van der Waals surface area (Å²) in [6.07, 6.45) is 2.92. The second kappa shape index (κ2) is 8.58. The third-order valence-electron chi connectivity index (χ3n) is 3.61. The highest BCUT2D eigenvalue weighted by atomic mass is 16.4. The van der Waals surface area contributed by atoms with E-state index in [-0.39, 0.29) is 12.5 Å². The van der Waals surface area contributed by atoms with Gasteiger partial charge in [-0.15, -0.1) is 0 Å². The Kier molecular flexibility index (Phi) is 7.10. The molecule has 1 rings (SSSR count). The summed E-state index contributed by atoms with van der Waals surface area (Å²) in [5.74, 6) is -1.79. The fraction of sp³-hybridized carbons (Fsp3) is 0.769. The normalized spacial score (nSPS) is 19.3. The highest BCUT2D eigenvalue weighted by Crippen LogP contribution is 2.17. The van der Waals surface area contributed by atoms with Crippen molar-refractivity contribution in [1.29, 1.82) is 0 Å². The standard InChI is InChI=1S/C13H24N4O4/c14-6-2-1-4-9(13(20)21)16-12(19)10-5-3-7-17(10)11(18)8-15/h9-10H,1-8,14-15H2,(H,16,19)(H,20,21). The lowest BCUT2D eigenvalue weighted by Crippen LogP contribution is -2.51. The van der Waals surface area contributed by atoms with Crippen LogP contribution in [0.3, 0.4) is 0 Å². The molecule has 1 heterocycles. The second-order valence-corrected chi connectivity index (χ2v) is 5.13. The SMILES string of the molecule is NCCCCC(NC(=O)C1CCCN1C(=O)CN)C(=O)O. The topological polar surface area (TPSA) is 139 Å². The first kappa shape index (κ1) is 17.4. The van der Waals surface area contributed by atoms with Crippen molar-refractivity contribution in [3.8, 4) is 0 Å². The molecule has 0 spiro atoms. The van der Waals surface area contributed by atoms with Gasteiger partial charge in [-0.2, -0.15) is 0 Å². The maximum absolute atomic E-state index is 12.2. The number of amides is 2. The number of nitrogens with zero attached hydrogens (tertiary/aromatic N) is 1. The van der Waals surface area contributed by atoms with Crippen LogP contribution in [-0.2, 0) is 14.4 Å². The molecule has 1 saturated heterocycles. The van der Waals surface area contributed by atoms with Crippen LogP contribution in [0.15, 0.2) is 0 Å². The highest BCUT2D eigenvalue weighted by molar-refractivity contribution is 5.91. The van der Waals surface area contributed by atoms with E-state index in [1.54, 1.807) is 0 Å². The van der Waals surface area contributed by atoms with E-state index in [0.717, 1.165) is 6.42 Å². The predicted molar refractivity (Wildman–Crippen MR) is 76.3 cm³/mol. The van der Waals surface area contributed by atoms with Crippen molar-refractivity contribution in [2.45, 2.75) is 44.2 Å². The van der Waals surface area contributed by atoms with Crippen LogP contribution in [0.4, 0.5) is 0 Å². The molecule has 1 fully saturated rings. The Labute approximate surface area is 123 Å². The average molecular weight is 300 g/mol. The molecule has 8 heteroatoms. The molecule has 21 heavy (non-hydrogen) atoms. The zero-order valence-electron chi connectivity index (χ0n) is 12.1. The van der Waals surface area contributed by atoms with Crippen molar-refractivity contribution in [2.24, 2.45) is 11.5 Å². The van der Waals surface area contributed by atoms with Crippen molar-refractivity contribution in [3.63, 3.8) is 0 Å². The fourth-order valence-corrected chi connectivity index (χ4v) is 2.47. The summed E-state index contributed by atoms with van der Waals surface area (Å²) in [7, 11) is 0. The van der Waals surface area contributed by atoms with Gasteiger partial charge >= 0.3 is 5.97 Å². The lowest BCUT2D eigenvalue weighted by Gasteiger charge is -2.25. The van der Waals surface area contributed by atoms with Crippen LogP contribution >= 0.6 is 0 Å². The smallest absolute Gasteiger partial charge is 0.326 e. The average Bonchev–Trinajstić information content (AvgIpc) is 2.94. The number of carbonyl (C=O) groups excluding carboxylic acids is 2. The number of rotatable bonds is 8. The number of hydrogen-bond donors (Lipinski definition) is 4. The van der Waals surface area contributed by atoms with Gasteiger partial charge in [0.2, 0.25) is 11.8 Å². The van der Waals surface area contributed by atoms with Crippen molar-refractivity contribution in [2.75, 3.05) is 19.6 Å². The fourth-order valence-electron chi connectivity index (χ4n) is 2.47. The van der Waals surface area contributed by atoms with Gasteiger partial charge in [0.1, 0.15) is 12.1 Å². The third-order valence-corrected chi connectivity index (χ3v) is 3.61. The Hall–Kier alpha value is -1.67. The molecule has 6 N–H and O–H groups in total. The molecule has 0 bridgehead atoms. The van der Waals surface area contributed by atoms with Gasteiger partial charge in [0.15, 0.2) is 0 Å². The molecule has 2 unspecified atom stereocenters. The van der Waals surface area contributed by atoms with Crippen LogP contribution in [-0.4, -0.2) is 59.5 Å². The number of unbranched alkanes of at least 4 members (excludes halogenated alkanes) is 1. The number of hydrogen-bond acceptors (Lipinski definition) is 5. The second-order valence-electron chi connectivity index (χ2n) is 5.13. The summed E-state index contributed by atoms with van der Waals surface area (Å²) in [6.45, 7) is 0.823. The van der Waals surface area contributed by atoms with Gasteiger partial charge in [-0.05, 0) is 38.6 Å². The van der Waals surface area contributed by atoms with Gasteiger partial charge in [0, 0.05) is 6.54 Å². The van der Waals surface area contributed by atoms with Crippen molar-refractivity contribution < 1.29 is 19.5 Å². The summed E-state index contributed by atoms with van der Waals surface area (Å²) in [4.78, 5) is 36.4. The zero-order chi connectivity index (χ0) is 15.8. The minimum atomic E-state index is -1.07. The lowest BCUT2D eigenvalue weighted by molar-refractivity contribution is -0.143. The molecule has 0 aromatic heterocycles. The van der Waals surface area contributed by atoms with Crippen LogP contribution in [0, 0.1) is 0 Å². The minimum Gasteiger partial charge on any atom is -0.480 e. The first-order valence-corrected chi connectivity index (χ1v) is 7.24. The summed E-state index contributed by atoms with van der Waals surface area (Å²) in [5, 5.41) is 11.7. The molecule has 0 aliphatic carbocycles. The van der Waals surface area contributed by atoms with E-state index >= 15 is 0 Å². The molecule has 2 amide bonds. The van der Waals surface area contributed by atoms with E-state index in [9.17, 15) is 14.4 Å². The minimum absolute atomic E-state index is 0.150. The summed E-state index contributed by atoms with van der Waals surface area (Å²) in [6, 6.07) is -1.56. The van der Waals surface area contributed by atoms with Crippen LogP contribution in [0.5, 0.6) is 0 Å². The Morgan fingerprint density at radius 1 is 1.29 bits per heavy atom. The van der Waals surface area contributed by atoms with E-state index in [2.05, 4.69) is 5.32 Å². The quantitative estimate of drug-likeness (QED) is 0.408. The van der Waals surface area contributed by atoms with E-state index in [0.29, 0.717) is 38.8 Å². The van der Waals surface area contributed by atoms with Crippen molar-refractivity contribution in [3.05, 3.63) is 0 Å². The summed E-state index contributed by atoms with van der Waals surface area (Å²) in [5.41, 5.74) is 10.7. The van der Waals surface area contributed by atoms with Gasteiger partial charge in [-0.25, -0.2) is 4.79 Å². The molecule has 2 atom stereocenters. The lowest BCUT2D eigenvalue weighted by atomic mass is 10.1. The molecule has 0 radical (unpaired) electrons. The Morgan fingerprint density at radius 3 is 2.57 bits per heavy atom. The first-order chi connectivity index (χ1) is 10.0. The number of nitrogens with one attached hydrogen (secondary N) is 1. The van der Waals surface area contributed by atoms with E-state index in [4.69, 9.17) is 16.6 Å². The van der Waals surface area contributed by atoms with E-state index in [1.165, 1.54) is 4.90 Å². The Balaban J connectivity index is 2.59. The molecule has 1 aliphatic heterocycles. The maximum atomic E-state index is 12.2. The Bertz CT molecular complexity index is 388. The number of carboxylic acid groups (broad SMARTS) is 1. The molecule has 1 aliphatic rings. The van der Waals surface area contributed by atoms with Gasteiger partial charge in [0.05, 0.1) is 6.54 Å². The predicted octanol–water partition coefficient (Wildman–Crippen LogP) is -1.37. The van der Waals surface area contributed by atoms with Crippen LogP contribution < -0.4 is 16.8 Å². The molecular weight excluding hydrogens is 276 g/mol. The molecule has 0 aromatic rings. The third kappa shape index (κ3) is 4.98. The van der Waals surface area contributed by atoms with Crippen molar-refractivity contribution in [1.82, 2.24) is 10.2 Å². The number of carboxylic acids is 1. The number of aliphatic carboxylic acids is 1. The molecule has 0 aromatic carbocycles. The number of carbonyl (C=O) groups is 3. The van der Waals surface area contributed by atoms with Crippen molar-refractivity contribution >= 4 is 17.8 Å². The molecule has 120 valence electrons. The largest absolute Gasteiger partial charge is 0.480 e. The molecule has 8 nitrogen and oxygen atoms in total. The van der Waals surface area contributed by atoms with Gasteiger partial charge in [0.25, 0.3) is 0 Å². The zero-order valence-corrected chi connectivity index (χ0v) is 12.1. The number of likely N-dealkylation sites (tertiary alicyclic amines) is 1. The van der Waals surface area contributed by atoms with Gasteiger partial charge in [-0.3, -0.25) is 9.59 Å². The molecule has 0 saturated carbocycles.